The van der Waals surface area contributed by atoms with Gasteiger partial charge in [-0.2, -0.15) is 0 Å². The molecule has 0 aromatic heterocycles. The molecule has 1 N–H and O–H groups in total. The van der Waals surface area contributed by atoms with Gasteiger partial charge in [0.05, 0.1) is 0 Å². The van der Waals surface area contributed by atoms with Gasteiger partial charge in [0.2, 0.25) is 0 Å². The van der Waals surface area contributed by atoms with Crippen molar-refractivity contribution < 1.29 is 24.2 Å². The zero-order valence-corrected chi connectivity index (χ0v) is 14.9. The summed E-state index contributed by atoms with van der Waals surface area (Å²) in [4.78, 5) is 27.9. The Labute approximate surface area is 157 Å². The van der Waals surface area contributed by atoms with Gasteiger partial charge >= 0.3 is 0 Å². The fourth-order valence-corrected chi connectivity index (χ4v) is 2.77. The average molecular weight is 370 g/mol. The molecule has 2 amide bonds. The molecular formula is C20H22N2O5. The largest absolute Gasteiger partial charge is 0.508 e. The summed E-state index contributed by atoms with van der Waals surface area (Å²) in [5, 5.41) is 9.40. The molecule has 0 bridgehead atoms. The molecule has 0 aliphatic carbocycles. The number of ether oxygens (including phenoxy) is 2. The summed E-state index contributed by atoms with van der Waals surface area (Å²) in [5.74, 6) is 0.941. The second-order valence-electron chi connectivity index (χ2n) is 6.15. The van der Waals surface area contributed by atoms with Gasteiger partial charge in [0, 0.05) is 32.2 Å². The maximum absolute atomic E-state index is 12.3. The van der Waals surface area contributed by atoms with Gasteiger partial charge in [-0.15, -0.1) is 0 Å². The van der Waals surface area contributed by atoms with E-state index in [1.165, 1.54) is 12.1 Å². The van der Waals surface area contributed by atoms with Crippen LogP contribution in [0.2, 0.25) is 0 Å². The molecule has 3 rings (SSSR count). The fourth-order valence-electron chi connectivity index (χ4n) is 2.77. The van der Waals surface area contributed by atoms with E-state index in [4.69, 9.17) is 9.47 Å². The van der Waals surface area contributed by atoms with Crippen LogP contribution in [0.5, 0.6) is 17.2 Å². The molecule has 7 heteroatoms. The minimum Gasteiger partial charge on any atom is -0.508 e. The second-order valence-corrected chi connectivity index (χ2v) is 6.15. The summed E-state index contributed by atoms with van der Waals surface area (Å²) in [7, 11) is 0. The quantitative estimate of drug-likeness (QED) is 0.834. The van der Waals surface area contributed by atoms with Crippen molar-refractivity contribution in [1.82, 2.24) is 9.80 Å². The predicted octanol–water partition coefficient (Wildman–Crippen LogP) is 1.52. The van der Waals surface area contributed by atoms with Gasteiger partial charge in [-0.25, -0.2) is 0 Å². The third-order valence-corrected chi connectivity index (χ3v) is 4.27. The fraction of sp³-hybridized carbons (Fsp3) is 0.300. The number of phenolic OH excluding ortho intramolecular Hbond substituents is 1. The summed E-state index contributed by atoms with van der Waals surface area (Å²) in [6.07, 6.45) is 0. The van der Waals surface area contributed by atoms with Crippen LogP contribution < -0.4 is 9.47 Å². The first-order chi connectivity index (χ1) is 13.1. The van der Waals surface area contributed by atoms with Gasteiger partial charge in [-0.1, -0.05) is 24.3 Å². The number of hydrogen-bond acceptors (Lipinski definition) is 5. The Hall–Kier alpha value is -3.22. The first-order valence-corrected chi connectivity index (χ1v) is 8.77. The van der Waals surface area contributed by atoms with E-state index in [9.17, 15) is 14.7 Å². The maximum atomic E-state index is 12.3. The Bertz CT molecular complexity index is 773. The number of nitrogens with zero attached hydrogens (tertiary/aromatic N) is 2. The van der Waals surface area contributed by atoms with E-state index >= 15 is 0 Å². The zero-order valence-electron chi connectivity index (χ0n) is 14.9. The van der Waals surface area contributed by atoms with Crippen molar-refractivity contribution in [2.45, 2.75) is 0 Å². The van der Waals surface area contributed by atoms with Gasteiger partial charge in [0.15, 0.2) is 13.2 Å². The van der Waals surface area contributed by atoms with Crippen molar-refractivity contribution in [2.75, 3.05) is 39.4 Å². The number of amides is 2. The Morgan fingerprint density at radius 3 is 1.85 bits per heavy atom. The number of phenols is 1. The van der Waals surface area contributed by atoms with Gasteiger partial charge in [0.25, 0.3) is 11.8 Å². The van der Waals surface area contributed by atoms with E-state index in [1.54, 1.807) is 34.1 Å². The Morgan fingerprint density at radius 1 is 0.778 bits per heavy atom. The molecule has 1 fully saturated rings. The van der Waals surface area contributed by atoms with Crippen molar-refractivity contribution in [2.24, 2.45) is 0 Å². The topological polar surface area (TPSA) is 79.3 Å². The van der Waals surface area contributed by atoms with Crippen LogP contribution in [-0.2, 0) is 9.59 Å². The highest BCUT2D eigenvalue weighted by Crippen LogP contribution is 2.17. The van der Waals surface area contributed by atoms with Crippen LogP contribution in [0.15, 0.2) is 54.6 Å². The molecule has 0 spiro atoms. The molecule has 7 nitrogen and oxygen atoms in total. The number of benzene rings is 2. The molecule has 1 heterocycles. The normalized spacial score (nSPS) is 13.9. The Kier molecular flexibility index (Phi) is 6.14. The summed E-state index contributed by atoms with van der Waals surface area (Å²) in [5.41, 5.74) is 0. The van der Waals surface area contributed by atoms with E-state index in [0.717, 1.165) is 0 Å². The lowest BCUT2D eigenvalue weighted by atomic mass is 10.3. The number of hydrogen-bond donors (Lipinski definition) is 1. The van der Waals surface area contributed by atoms with Crippen LogP contribution in [0.1, 0.15) is 0 Å². The monoisotopic (exact) mass is 370 g/mol. The van der Waals surface area contributed by atoms with E-state index in [1.807, 2.05) is 18.2 Å². The predicted molar refractivity (Wildman–Crippen MR) is 98.7 cm³/mol. The van der Waals surface area contributed by atoms with Crippen LogP contribution in [0.4, 0.5) is 0 Å². The van der Waals surface area contributed by atoms with Crippen molar-refractivity contribution >= 4 is 11.8 Å². The van der Waals surface area contributed by atoms with Crippen LogP contribution in [0, 0.1) is 0 Å². The van der Waals surface area contributed by atoms with Gasteiger partial charge < -0.3 is 24.4 Å². The third kappa shape index (κ3) is 5.37. The average Bonchev–Trinajstić information content (AvgIpc) is 2.71. The minimum absolute atomic E-state index is 0.0153. The number of piperazine rings is 1. The number of aromatic hydroxyl groups is 1. The van der Waals surface area contributed by atoms with E-state index in [2.05, 4.69) is 0 Å². The SMILES string of the molecule is O=C(COc1ccccc1)N1CCN(C(=O)COc2cccc(O)c2)CC1. The van der Waals surface area contributed by atoms with Crippen molar-refractivity contribution in [3.63, 3.8) is 0 Å². The van der Waals surface area contributed by atoms with Crippen LogP contribution in [0.3, 0.4) is 0 Å². The molecule has 0 atom stereocenters. The lowest BCUT2D eigenvalue weighted by molar-refractivity contribution is -0.141. The lowest BCUT2D eigenvalue weighted by Crippen LogP contribution is -2.52. The van der Waals surface area contributed by atoms with Gasteiger partial charge in [-0.05, 0) is 24.3 Å². The Balaban J connectivity index is 1.40. The van der Waals surface area contributed by atoms with Crippen LogP contribution >= 0.6 is 0 Å². The van der Waals surface area contributed by atoms with E-state index in [-0.39, 0.29) is 30.8 Å². The summed E-state index contributed by atoms with van der Waals surface area (Å²) < 4.78 is 10.9. The van der Waals surface area contributed by atoms with Crippen LogP contribution in [-0.4, -0.2) is 66.1 Å². The number of carbonyl (C=O) groups is 2. The Morgan fingerprint density at radius 2 is 1.30 bits per heavy atom. The highest BCUT2D eigenvalue weighted by molar-refractivity contribution is 5.80. The smallest absolute Gasteiger partial charge is 0.260 e. The summed E-state index contributed by atoms with van der Waals surface area (Å²) >= 11 is 0. The van der Waals surface area contributed by atoms with Gasteiger partial charge in [-0.3, -0.25) is 9.59 Å². The first kappa shape index (κ1) is 18.6. The van der Waals surface area contributed by atoms with Crippen molar-refractivity contribution in [1.29, 1.82) is 0 Å². The molecule has 2 aromatic rings. The van der Waals surface area contributed by atoms with Crippen LogP contribution in [0.25, 0.3) is 0 Å². The lowest BCUT2D eigenvalue weighted by Gasteiger charge is -2.34. The zero-order chi connectivity index (χ0) is 19.1. The molecule has 0 unspecified atom stereocenters. The highest BCUT2D eigenvalue weighted by Gasteiger charge is 2.24. The third-order valence-electron chi connectivity index (χ3n) is 4.27. The number of para-hydroxylation sites is 1. The number of rotatable bonds is 6. The molecule has 2 aromatic carbocycles. The standard InChI is InChI=1S/C20H22N2O5/c23-16-5-4-8-18(13-16)27-15-20(25)22-11-9-21(10-12-22)19(24)14-26-17-6-2-1-3-7-17/h1-8,13,23H,9-12,14-15H2. The van der Waals surface area contributed by atoms with E-state index in [0.29, 0.717) is 37.7 Å². The molecule has 1 saturated heterocycles. The summed E-state index contributed by atoms with van der Waals surface area (Å²) in [6, 6.07) is 15.5. The first-order valence-electron chi connectivity index (χ1n) is 8.77. The van der Waals surface area contributed by atoms with Gasteiger partial charge in [0.1, 0.15) is 17.2 Å². The van der Waals surface area contributed by atoms with Crippen molar-refractivity contribution in [3.05, 3.63) is 54.6 Å². The molecule has 1 aliphatic rings. The summed E-state index contributed by atoms with van der Waals surface area (Å²) in [6.45, 7) is 1.73. The molecule has 142 valence electrons. The number of carbonyl (C=O) groups excluding carboxylic acids is 2. The minimum atomic E-state index is -0.147. The maximum Gasteiger partial charge on any atom is 0.260 e. The van der Waals surface area contributed by atoms with E-state index < -0.39 is 0 Å². The second kappa shape index (κ2) is 8.93. The molecule has 0 radical (unpaired) electrons. The molecule has 1 aliphatic heterocycles. The highest BCUT2D eigenvalue weighted by atomic mass is 16.5. The molecule has 27 heavy (non-hydrogen) atoms. The van der Waals surface area contributed by atoms with Crippen molar-refractivity contribution in [3.8, 4) is 17.2 Å². The molecular weight excluding hydrogens is 348 g/mol. The molecule has 0 saturated carbocycles.